The van der Waals surface area contributed by atoms with E-state index >= 15 is 0 Å². The van der Waals surface area contributed by atoms with E-state index in [-0.39, 0.29) is 0 Å². The van der Waals surface area contributed by atoms with Crippen molar-refractivity contribution in [3.63, 3.8) is 0 Å². The summed E-state index contributed by atoms with van der Waals surface area (Å²) in [6.07, 6.45) is 3.55. The van der Waals surface area contributed by atoms with E-state index in [2.05, 4.69) is 121 Å². The maximum atomic E-state index is 5.28. The molecule has 0 bridgehead atoms. The number of hydrogen-bond acceptors (Lipinski definition) is 4. The Morgan fingerprint density at radius 1 is 0.366 bits per heavy atom. The van der Waals surface area contributed by atoms with Crippen molar-refractivity contribution in [2.24, 2.45) is 0 Å². The molecule has 0 aliphatic rings. The van der Waals surface area contributed by atoms with Crippen LogP contribution in [0.1, 0.15) is 0 Å². The van der Waals surface area contributed by atoms with Gasteiger partial charge in [0.1, 0.15) is 10.7 Å². The fourth-order valence-corrected chi connectivity index (χ4v) is 6.27. The van der Waals surface area contributed by atoms with Gasteiger partial charge in [-0.2, -0.15) is 0 Å². The molecule has 0 N–H and O–H groups in total. The molecule has 7 rings (SSSR count). The Hall–Kier alpha value is -5.19. The molecular weight excluding hydrogens is 518 g/mol. The first-order valence-electron chi connectivity index (χ1n) is 13.5. The highest BCUT2D eigenvalue weighted by molar-refractivity contribution is 7.19. The maximum absolute atomic E-state index is 5.28. The SMILES string of the molecule is c1ccc(-c2nc(-c3ccccc3-c3ccccc3)c(-c3nccnc3-c3ccccc3-c3ccccc3)s2)cc1. The smallest absolute Gasteiger partial charge is 0.124 e. The zero-order valence-corrected chi connectivity index (χ0v) is 23.0. The van der Waals surface area contributed by atoms with Crippen LogP contribution in [-0.4, -0.2) is 15.0 Å². The normalized spacial score (nSPS) is 10.9. The molecule has 0 aliphatic heterocycles. The minimum atomic E-state index is 0.827. The minimum absolute atomic E-state index is 0.827. The van der Waals surface area contributed by atoms with Gasteiger partial charge in [-0.05, 0) is 22.3 Å². The Morgan fingerprint density at radius 3 is 1.32 bits per heavy atom. The molecule has 0 atom stereocenters. The molecule has 4 heteroatoms. The number of aromatic nitrogens is 3. The lowest BCUT2D eigenvalue weighted by Crippen LogP contribution is -1.95. The van der Waals surface area contributed by atoms with Crippen LogP contribution in [0.2, 0.25) is 0 Å². The van der Waals surface area contributed by atoms with Crippen molar-refractivity contribution < 1.29 is 0 Å². The van der Waals surface area contributed by atoms with Crippen LogP contribution in [0.4, 0.5) is 0 Å². The molecule has 0 unspecified atom stereocenters. The van der Waals surface area contributed by atoms with E-state index < -0.39 is 0 Å². The van der Waals surface area contributed by atoms with Crippen molar-refractivity contribution in [3.8, 4) is 65.9 Å². The van der Waals surface area contributed by atoms with Gasteiger partial charge in [0.25, 0.3) is 0 Å². The average Bonchev–Trinajstić information content (AvgIpc) is 3.51. The lowest BCUT2D eigenvalue weighted by Gasteiger charge is -2.14. The zero-order valence-electron chi connectivity index (χ0n) is 22.2. The van der Waals surface area contributed by atoms with Gasteiger partial charge in [0.05, 0.1) is 16.3 Å². The second-order valence-electron chi connectivity index (χ2n) is 9.64. The third-order valence-corrected chi connectivity index (χ3v) is 8.21. The van der Waals surface area contributed by atoms with E-state index in [0.717, 1.165) is 65.9 Å². The Balaban J connectivity index is 1.48. The molecule has 5 aromatic carbocycles. The maximum Gasteiger partial charge on any atom is 0.124 e. The Kier molecular flexibility index (Phi) is 6.73. The summed E-state index contributed by atoms with van der Waals surface area (Å²) < 4.78 is 0. The topological polar surface area (TPSA) is 38.7 Å². The van der Waals surface area contributed by atoms with Gasteiger partial charge in [-0.3, -0.25) is 9.97 Å². The Morgan fingerprint density at radius 2 is 0.780 bits per heavy atom. The highest BCUT2D eigenvalue weighted by Crippen LogP contribution is 2.46. The molecule has 0 saturated carbocycles. The number of nitrogens with zero attached hydrogens (tertiary/aromatic N) is 3. The Bertz CT molecular complexity index is 1930. The molecule has 0 spiro atoms. The van der Waals surface area contributed by atoms with Gasteiger partial charge >= 0.3 is 0 Å². The predicted octanol–water partition coefficient (Wildman–Crippen LogP) is 9.94. The summed E-state index contributed by atoms with van der Waals surface area (Å²) in [6.45, 7) is 0. The average molecular weight is 544 g/mol. The van der Waals surface area contributed by atoms with E-state index in [1.54, 1.807) is 23.7 Å². The van der Waals surface area contributed by atoms with Crippen LogP contribution < -0.4 is 0 Å². The Labute approximate surface area is 243 Å². The molecule has 0 radical (unpaired) electrons. The fourth-order valence-electron chi connectivity index (χ4n) is 5.19. The molecule has 3 nitrogen and oxygen atoms in total. The van der Waals surface area contributed by atoms with Crippen molar-refractivity contribution in [3.05, 3.63) is 152 Å². The molecule has 2 heterocycles. The van der Waals surface area contributed by atoms with Crippen LogP contribution in [-0.2, 0) is 0 Å². The van der Waals surface area contributed by atoms with Crippen LogP contribution >= 0.6 is 11.3 Å². The van der Waals surface area contributed by atoms with Gasteiger partial charge in [0.2, 0.25) is 0 Å². The summed E-state index contributed by atoms with van der Waals surface area (Å²) in [5, 5.41) is 0.950. The molecule has 41 heavy (non-hydrogen) atoms. The summed E-state index contributed by atoms with van der Waals surface area (Å²) in [5.41, 5.74) is 10.3. The summed E-state index contributed by atoms with van der Waals surface area (Å²) in [4.78, 5) is 16.2. The zero-order chi connectivity index (χ0) is 27.4. The molecule has 0 fully saturated rings. The van der Waals surface area contributed by atoms with Crippen LogP contribution in [0.25, 0.3) is 65.9 Å². The van der Waals surface area contributed by atoms with Crippen LogP contribution in [0.5, 0.6) is 0 Å². The second kappa shape index (κ2) is 11.1. The molecule has 0 saturated heterocycles. The van der Waals surface area contributed by atoms with E-state index in [9.17, 15) is 0 Å². The second-order valence-corrected chi connectivity index (χ2v) is 10.6. The number of rotatable bonds is 6. The molecule has 2 aromatic heterocycles. The van der Waals surface area contributed by atoms with Crippen molar-refractivity contribution in [2.75, 3.05) is 0 Å². The molecule has 194 valence electrons. The number of benzene rings is 5. The minimum Gasteiger partial charge on any atom is -0.252 e. The van der Waals surface area contributed by atoms with Gasteiger partial charge in [-0.25, -0.2) is 4.98 Å². The van der Waals surface area contributed by atoms with Gasteiger partial charge in [0, 0.05) is 29.1 Å². The van der Waals surface area contributed by atoms with Gasteiger partial charge in [0.15, 0.2) is 0 Å². The highest BCUT2D eigenvalue weighted by atomic mass is 32.1. The monoisotopic (exact) mass is 543 g/mol. The van der Waals surface area contributed by atoms with Crippen molar-refractivity contribution >= 4 is 11.3 Å². The van der Waals surface area contributed by atoms with Crippen LogP contribution in [0.3, 0.4) is 0 Å². The van der Waals surface area contributed by atoms with Gasteiger partial charge < -0.3 is 0 Å². The molecular formula is C37H25N3S. The fraction of sp³-hybridized carbons (Fsp3) is 0. The molecule has 7 aromatic rings. The lowest BCUT2D eigenvalue weighted by atomic mass is 9.94. The van der Waals surface area contributed by atoms with Crippen molar-refractivity contribution in [1.82, 2.24) is 15.0 Å². The summed E-state index contributed by atoms with van der Waals surface area (Å²) >= 11 is 1.66. The standard InChI is InChI=1S/C37H25N3S/c1-4-14-26(15-5-1)29-20-10-12-22-31(29)33-35(39-25-24-38-33)36-34(40-37(41-36)28-18-8-3-9-19-28)32-23-13-11-21-30(32)27-16-6-2-7-17-27/h1-25H. The quantitative estimate of drug-likeness (QED) is 0.209. The van der Waals surface area contributed by atoms with E-state index in [0.29, 0.717) is 0 Å². The highest BCUT2D eigenvalue weighted by Gasteiger charge is 2.23. The van der Waals surface area contributed by atoms with E-state index in [4.69, 9.17) is 15.0 Å². The summed E-state index contributed by atoms with van der Waals surface area (Å²) in [6, 6.07) is 48.2. The number of thiazole rings is 1. The van der Waals surface area contributed by atoms with Crippen LogP contribution in [0, 0.1) is 0 Å². The lowest BCUT2D eigenvalue weighted by molar-refractivity contribution is 1.21. The first-order chi connectivity index (χ1) is 20.4. The van der Waals surface area contributed by atoms with Gasteiger partial charge in [-0.1, -0.05) is 140 Å². The van der Waals surface area contributed by atoms with Crippen molar-refractivity contribution in [1.29, 1.82) is 0 Å². The van der Waals surface area contributed by atoms with Gasteiger partial charge in [-0.15, -0.1) is 11.3 Å². The van der Waals surface area contributed by atoms with Crippen molar-refractivity contribution in [2.45, 2.75) is 0 Å². The van der Waals surface area contributed by atoms with E-state index in [1.165, 1.54) is 0 Å². The largest absolute Gasteiger partial charge is 0.252 e. The predicted molar refractivity (Wildman–Crippen MR) is 170 cm³/mol. The third kappa shape index (κ3) is 4.86. The van der Waals surface area contributed by atoms with Crippen LogP contribution in [0.15, 0.2) is 152 Å². The first kappa shape index (κ1) is 24.8. The molecule has 0 aliphatic carbocycles. The molecule has 0 amide bonds. The first-order valence-corrected chi connectivity index (χ1v) is 14.4. The third-order valence-electron chi connectivity index (χ3n) is 7.10. The number of hydrogen-bond donors (Lipinski definition) is 0. The summed E-state index contributed by atoms with van der Waals surface area (Å²) in [7, 11) is 0. The van der Waals surface area contributed by atoms with E-state index in [1.807, 2.05) is 18.2 Å². The summed E-state index contributed by atoms with van der Waals surface area (Å²) in [5.74, 6) is 0.